The Morgan fingerprint density at radius 3 is 2.55 bits per heavy atom. The summed E-state index contributed by atoms with van der Waals surface area (Å²) >= 11 is 0. The van der Waals surface area contributed by atoms with Gasteiger partial charge in [-0.2, -0.15) is 0 Å². The lowest BCUT2D eigenvalue weighted by atomic mass is 10.1. The molecule has 2 rings (SSSR count). The predicted octanol–water partition coefficient (Wildman–Crippen LogP) is 2.24. The van der Waals surface area contributed by atoms with Gasteiger partial charge in [0.1, 0.15) is 18.2 Å². The average Bonchev–Trinajstić information content (AvgIpc) is 2.38. The first kappa shape index (κ1) is 15.1. The average molecular weight is 301 g/mol. The molecule has 0 N–H and O–H groups in total. The number of hydrogen-bond acceptors (Lipinski definition) is 4. The van der Waals surface area contributed by atoms with Crippen molar-refractivity contribution in [1.29, 1.82) is 0 Å². The van der Waals surface area contributed by atoms with Crippen LogP contribution in [0.1, 0.15) is 19.3 Å². The zero-order valence-corrected chi connectivity index (χ0v) is 12.5. The Morgan fingerprint density at radius 2 is 1.95 bits per heavy atom. The van der Waals surface area contributed by atoms with Gasteiger partial charge >= 0.3 is 0 Å². The summed E-state index contributed by atoms with van der Waals surface area (Å²) in [4.78, 5) is 2.04. The molecule has 1 aromatic carbocycles. The first-order valence-electron chi connectivity index (χ1n) is 6.81. The van der Waals surface area contributed by atoms with Crippen molar-refractivity contribution in [2.75, 3.05) is 36.6 Å². The van der Waals surface area contributed by atoms with Crippen LogP contribution in [0.4, 0.5) is 10.1 Å². The molecular weight excluding hydrogens is 281 g/mol. The summed E-state index contributed by atoms with van der Waals surface area (Å²) in [7, 11) is -3.06. The van der Waals surface area contributed by atoms with Crippen LogP contribution in [0.25, 0.3) is 0 Å². The fraction of sp³-hybridized carbons (Fsp3) is 0.571. The highest BCUT2D eigenvalue weighted by atomic mass is 32.2. The predicted molar refractivity (Wildman–Crippen MR) is 77.7 cm³/mol. The number of ether oxygens (including phenoxy) is 1. The van der Waals surface area contributed by atoms with Crippen LogP contribution in [-0.2, 0) is 9.84 Å². The largest absolute Gasteiger partial charge is 0.492 e. The molecule has 1 aliphatic heterocycles. The highest BCUT2D eigenvalue weighted by molar-refractivity contribution is 7.90. The molecule has 1 aliphatic rings. The maximum Gasteiger partial charge on any atom is 0.150 e. The highest BCUT2D eigenvalue weighted by Crippen LogP contribution is 2.26. The van der Waals surface area contributed by atoms with E-state index in [1.54, 1.807) is 12.1 Å². The topological polar surface area (TPSA) is 46.6 Å². The molecule has 1 heterocycles. The van der Waals surface area contributed by atoms with Gasteiger partial charge < -0.3 is 9.64 Å². The standard InChI is InChI=1S/C14H20FNO3S/c1-20(17,18)10-9-19-12-5-6-14(13(15)11-12)16-7-3-2-4-8-16/h5-6,11H,2-4,7-10H2,1H3. The normalized spacial score (nSPS) is 16.2. The molecule has 0 amide bonds. The summed E-state index contributed by atoms with van der Waals surface area (Å²) in [5.74, 6) is -0.0154. The van der Waals surface area contributed by atoms with E-state index in [0.29, 0.717) is 11.4 Å². The Bertz CT molecular complexity index is 554. The van der Waals surface area contributed by atoms with Crippen molar-refractivity contribution in [2.45, 2.75) is 19.3 Å². The Balaban J connectivity index is 1.98. The van der Waals surface area contributed by atoms with Gasteiger partial charge in [0.25, 0.3) is 0 Å². The van der Waals surface area contributed by atoms with Crippen LogP contribution in [-0.4, -0.2) is 40.1 Å². The van der Waals surface area contributed by atoms with Gasteiger partial charge in [-0.1, -0.05) is 0 Å². The molecule has 0 radical (unpaired) electrons. The van der Waals surface area contributed by atoms with E-state index in [4.69, 9.17) is 4.74 Å². The summed E-state index contributed by atoms with van der Waals surface area (Å²) < 4.78 is 41.3. The molecule has 0 aliphatic carbocycles. The fourth-order valence-corrected chi connectivity index (χ4v) is 2.67. The van der Waals surface area contributed by atoms with Crippen LogP contribution in [0.5, 0.6) is 5.75 Å². The third-order valence-corrected chi connectivity index (χ3v) is 4.25. The number of piperidine rings is 1. The first-order chi connectivity index (χ1) is 9.46. The second-order valence-corrected chi connectivity index (χ2v) is 7.40. The number of sulfone groups is 1. The summed E-state index contributed by atoms with van der Waals surface area (Å²) in [5.41, 5.74) is 0.597. The summed E-state index contributed by atoms with van der Waals surface area (Å²) in [6, 6.07) is 4.72. The molecule has 0 aromatic heterocycles. The van der Waals surface area contributed by atoms with E-state index >= 15 is 0 Å². The molecule has 0 saturated carbocycles. The Hall–Kier alpha value is -1.30. The quantitative estimate of drug-likeness (QED) is 0.837. The molecule has 6 heteroatoms. The van der Waals surface area contributed by atoms with Crippen LogP contribution < -0.4 is 9.64 Å². The Morgan fingerprint density at radius 1 is 1.25 bits per heavy atom. The smallest absolute Gasteiger partial charge is 0.150 e. The van der Waals surface area contributed by atoms with Crippen molar-refractivity contribution in [3.05, 3.63) is 24.0 Å². The van der Waals surface area contributed by atoms with E-state index in [0.717, 1.165) is 32.2 Å². The van der Waals surface area contributed by atoms with Gasteiger partial charge in [-0.25, -0.2) is 12.8 Å². The van der Waals surface area contributed by atoms with E-state index in [-0.39, 0.29) is 18.2 Å². The van der Waals surface area contributed by atoms with Crippen LogP contribution in [0.15, 0.2) is 18.2 Å². The molecule has 1 saturated heterocycles. The van der Waals surface area contributed by atoms with Crippen LogP contribution >= 0.6 is 0 Å². The molecular formula is C14H20FNO3S. The molecule has 20 heavy (non-hydrogen) atoms. The molecule has 1 aromatic rings. The van der Waals surface area contributed by atoms with Crippen molar-refractivity contribution in [3.8, 4) is 5.75 Å². The lowest BCUT2D eigenvalue weighted by Gasteiger charge is -2.29. The van der Waals surface area contributed by atoms with Crippen molar-refractivity contribution >= 4 is 15.5 Å². The third-order valence-electron chi connectivity index (χ3n) is 3.34. The summed E-state index contributed by atoms with van der Waals surface area (Å²) in [6.45, 7) is 1.80. The third kappa shape index (κ3) is 4.37. The summed E-state index contributed by atoms with van der Waals surface area (Å²) in [5, 5.41) is 0. The number of nitrogens with zero attached hydrogens (tertiary/aromatic N) is 1. The molecule has 0 unspecified atom stereocenters. The second kappa shape index (κ2) is 6.43. The highest BCUT2D eigenvalue weighted by Gasteiger charge is 2.15. The second-order valence-electron chi connectivity index (χ2n) is 5.14. The molecule has 112 valence electrons. The summed E-state index contributed by atoms with van der Waals surface area (Å²) in [6.07, 6.45) is 4.53. The Kier molecular flexibility index (Phi) is 4.86. The van der Waals surface area contributed by atoms with E-state index in [9.17, 15) is 12.8 Å². The number of halogens is 1. The molecule has 0 spiro atoms. The minimum Gasteiger partial charge on any atom is -0.492 e. The zero-order valence-electron chi connectivity index (χ0n) is 11.6. The monoisotopic (exact) mass is 301 g/mol. The minimum atomic E-state index is -3.06. The lowest BCUT2D eigenvalue weighted by molar-refractivity contribution is 0.339. The fourth-order valence-electron chi connectivity index (χ4n) is 2.28. The maximum atomic E-state index is 14.1. The van der Waals surface area contributed by atoms with Gasteiger partial charge in [0, 0.05) is 25.4 Å². The number of hydrogen-bond donors (Lipinski definition) is 0. The van der Waals surface area contributed by atoms with Crippen LogP contribution in [0.3, 0.4) is 0 Å². The van der Waals surface area contributed by atoms with Gasteiger partial charge in [-0.3, -0.25) is 0 Å². The molecule has 1 fully saturated rings. The SMILES string of the molecule is CS(=O)(=O)CCOc1ccc(N2CCCCC2)c(F)c1. The molecule has 4 nitrogen and oxygen atoms in total. The van der Waals surface area contributed by atoms with Gasteiger partial charge in [-0.15, -0.1) is 0 Å². The van der Waals surface area contributed by atoms with Gasteiger partial charge in [0.05, 0.1) is 11.4 Å². The molecule has 0 atom stereocenters. The van der Waals surface area contributed by atoms with E-state index in [2.05, 4.69) is 0 Å². The minimum absolute atomic E-state index is 0.0430. The van der Waals surface area contributed by atoms with E-state index < -0.39 is 9.84 Å². The van der Waals surface area contributed by atoms with Crippen LogP contribution in [0.2, 0.25) is 0 Å². The van der Waals surface area contributed by atoms with Gasteiger partial charge in [0.2, 0.25) is 0 Å². The lowest BCUT2D eigenvalue weighted by Crippen LogP contribution is -2.30. The van der Waals surface area contributed by atoms with E-state index in [1.165, 1.54) is 12.5 Å². The van der Waals surface area contributed by atoms with Crippen molar-refractivity contribution in [1.82, 2.24) is 0 Å². The van der Waals surface area contributed by atoms with Gasteiger partial charge in [-0.05, 0) is 31.4 Å². The Labute approximate surface area is 119 Å². The van der Waals surface area contributed by atoms with Crippen molar-refractivity contribution in [2.24, 2.45) is 0 Å². The zero-order chi connectivity index (χ0) is 14.6. The van der Waals surface area contributed by atoms with Gasteiger partial charge in [0.15, 0.2) is 9.84 Å². The van der Waals surface area contributed by atoms with Crippen molar-refractivity contribution in [3.63, 3.8) is 0 Å². The van der Waals surface area contributed by atoms with E-state index in [1.807, 2.05) is 4.90 Å². The first-order valence-corrected chi connectivity index (χ1v) is 8.87. The number of anilines is 1. The maximum absolute atomic E-state index is 14.1. The van der Waals surface area contributed by atoms with Crippen molar-refractivity contribution < 1.29 is 17.5 Å². The molecule has 0 bridgehead atoms. The number of rotatable bonds is 5. The number of benzene rings is 1. The van der Waals surface area contributed by atoms with Crippen LogP contribution in [0, 0.1) is 5.82 Å².